The summed E-state index contributed by atoms with van der Waals surface area (Å²) in [6.45, 7) is 9.48. The number of anilines is 3. The lowest BCUT2D eigenvalue weighted by Crippen LogP contribution is -2.31. The lowest BCUT2D eigenvalue weighted by molar-refractivity contribution is 0.304. The van der Waals surface area contributed by atoms with E-state index in [0.29, 0.717) is 4.88 Å². The Morgan fingerprint density at radius 2 is 1.13 bits per heavy atom. The summed E-state index contributed by atoms with van der Waals surface area (Å²) < 4.78 is 6.18. The monoisotopic (exact) mass is 757 g/mol. The first-order valence-corrected chi connectivity index (χ1v) is 20.7. The normalized spacial score (nSPS) is 11.4. The third-order valence-corrected chi connectivity index (χ3v) is 13.3. The van der Waals surface area contributed by atoms with E-state index in [1.165, 1.54) is 64.3 Å². The molecule has 1 N–H and O–H groups in total. The Labute approximate surface area is 323 Å². The van der Waals surface area contributed by atoms with E-state index >= 15 is 0 Å². The Morgan fingerprint density at radius 3 is 1.75 bits per heavy atom. The summed E-state index contributed by atoms with van der Waals surface area (Å²) in [5.41, 5.74) is 6.86. The van der Waals surface area contributed by atoms with Gasteiger partial charge in [0.05, 0.1) is 12.2 Å². The van der Waals surface area contributed by atoms with Gasteiger partial charge in [0.1, 0.15) is 5.75 Å². The highest BCUT2D eigenvalue weighted by Crippen LogP contribution is 2.45. The van der Waals surface area contributed by atoms with Gasteiger partial charge in [-0.2, -0.15) is 0 Å². The zero-order valence-corrected chi connectivity index (χ0v) is 33.0. The number of hydrogen-bond donors (Lipinski definition) is 1. The molecule has 0 unspecified atom stereocenters. The topological polar surface area (TPSA) is 66.8 Å². The average molecular weight is 758 g/mol. The van der Waals surface area contributed by atoms with Crippen molar-refractivity contribution < 1.29 is 9.84 Å². The lowest BCUT2D eigenvalue weighted by atomic mass is 10.1. The van der Waals surface area contributed by atoms with E-state index < -0.39 is 16.6 Å². The first kappa shape index (κ1) is 36.6. The molecular weight excluding hydrogens is 715 g/mol. The van der Waals surface area contributed by atoms with E-state index in [0.717, 1.165) is 61.6 Å². The van der Waals surface area contributed by atoms with Gasteiger partial charge in [0.25, 0.3) is 5.43 Å². The summed E-state index contributed by atoms with van der Waals surface area (Å²) >= 11 is 4.86. The summed E-state index contributed by atoms with van der Waals surface area (Å²) in [5, 5.41) is 9.88. The molecule has 7 aromatic rings. The molecule has 0 aliphatic rings. The van der Waals surface area contributed by atoms with E-state index in [4.69, 9.17) is 4.74 Å². The fraction of sp³-hybridized carbons (Fsp3) is 0.244. The van der Waals surface area contributed by atoms with Crippen LogP contribution in [0.4, 0.5) is 17.1 Å². The molecule has 0 aliphatic carbocycles. The van der Waals surface area contributed by atoms with Gasteiger partial charge in [-0.3, -0.25) is 9.59 Å². The van der Waals surface area contributed by atoms with Crippen molar-refractivity contribution in [1.29, 1.82) is 0 Å². The highest BCUT2D eigenvalue weighted by atomic mass is 32.1. The summed E-state index contributed by atoms with van der Waals surface area (Å²) in [4.78, 5) is 32.0. The van der Waals surface area contributed by atoms with E-state index in [2.05, 4.69) is 118 Å². The van der Waals surface area contributed by atoms with Gasteiger partial charge in [0.2, 0.25) is 5.43 Å². The molecule has 0 spiro atoms. The molecule has 0 saturated heterocycles. The Kier molecular flexibility index (Phi) is 11.1. The summed E-state index contributed by atoms with van der Waals surface area (Å²) in [7, 11) is 0. The van der Waals surface area contributed by atoms with Crippen LogP contribution in [0.25, 0.3) is 40.4 Å². The fourth-order valence-electron chi connectivity index (χ4n) is 6.72. The molecule has 0 fully saturated rings. The van der Waals surface area contributed by atoms with Crippen molar-refractivity contribution in [2.45, 2.75) is 66.2 Å². The average Bonchev–Trinajstić information content (AvgIpc) is 3.95. The van der Waals surface area contributed by atoms with Crippen LogP contribution in [0.2, 0.25) is 0 Å². The van der Waals surface area contributed by atoms with E-state index in [1.807, 2.05) is 6.07 Å². The molecule has 5 nitrogen and oxygen atoms in total. The van der Waals surface area contributed by atoms with Gasteiger partial charge in [-0.25, -0.2) is 0 Å². The minimum Gasteiger partial charge on any atom is -0.503 e. The maximum absolute atomic E-state index is 12.0. The largest absolute Gasteiger partial charge is 0.503 e. The first-order valence-electron chi connectivity index (χ1n) is 18.3. The molecule has 3 aromatic heterocycles. The van der Waals surface area contributed by atoms with Gasteiger partial charge in [-0.15, -0.1) is 34.0 Å². The molecule has 3 heterocycles. The van der Waals surface area contributed by atoms with Gasteiger partial charge in [-0.1, -0.05) is 68.9 Å². The number of aromatic hydroxyl groups is 1. The molecule has 53 heavy (non-hydrogen) atoms. The predicted octanol–water partition coefficient (Wildman–Crippen LogP) is 13.0. The van der Waals surface area contributed by atoms with Crippen LogP contribution in [0.3, 0.4) is 0 Å². The van der Waals surface area contributed by atoms with Crippen molar-refractivity contribution in [3.05, 3.63) is 134 Å². The maximum Gasteiger partial charge on any atom is 0.268 e. The molecule has 0 bridgehead atoms. The van der Waals surface area contributed by atoms with Crippen LogP contribution in [-0.2, 0) is 0 Å². The number of hydrogen-bond acceptors (Lipinski definition) is 8. The molecule has 8 heteroatoms. The van der Waals surface area contributed by atoms with Crippen molar-refractivity contribution in [1.82, 2.24) is 0 Å². The van der Waals surface area contributed by atoms with Gasteiger partial charge in [0.15, 0.2) is 5.75 Å². The van der Waals surface area contributed by atoms with Crippen LogP contribution in [0.1, 0.15) is 62.1 Å². The molecule has 0 radical (unpaired) electrons. The molecule has 0 aliphatic heterocycles. The SMILES string of the molecule is CCCCCCCCOc1ccc(N(c2ccc(-c3ccc(-c4ccc(-c5ccc(-c6c(O)c(=O)c6=O)s5)s4)s3)cc2)c2ccc(C)cc2C)c(C)c1. The number of benzene rings is 3. The Bertz CT molecular complexity index is 2420. The smallest absolute Gasteiger partial charge is 0.268 e. The van der Waals surface area contributed by atoms with Crippen molar-refractivity contribution in [2.24, 2.45) is 0 Å². The van der Waals surface area contributed by atoms with Crippen LogP contribution < -0.4 is 20.5 Å². The van der Waals surface area contributed by atoms with E-state index in [-0.39, 0.29) is 5.56 Å². The summed E-state index contributed by atoms with van der Waals surface area (Å²) in [6.07, 6.45) is 7.48. The number of unbranched alkanes of at least 4 members (excludes halogenated alkanes) is 5. The zero-order valence-electron chi connectivity index (χ0n) is 30.5. The summed E-state index contributed by atoms with van der Waals surface area (Å²) in [5.74, 6) is 0.489. The third kappa shape index (κ3) is 7.81. The Balaban J connectivity index is 1.09. The van der Waals surface area contributed by atoms with Crippen molar-refractivity contribution >= 4 is 51.1 Å². The number of thiophene rings is 3. The van der Waals surface area contributed by atoms with Crippen molar-refractivity contribution in [2.75, 3.05) is 11.5 Å². The van der Waals surface area contributed by atoms with Crippen LogP contribution in [-0.4, -0.2) is 11.7 Å². The molecule has 0 amide bonds. The number of aryl methyl sites for hydroxylation is 3. The molecule has 270 valence electrons. The number of rotatable bonds is 15. The van der Waals surface area contributed by atoms with Gasteiger partial charge < -0.3 is 14.7 Å². The minimum atomic E-state index is -0.806. The summed E-state index contributed by atoms with van der Waals surface area (Å²) in [6, 6.07) is 34.2. The quantitative estimate of drug-likeness (QED) is 0.0833. The van der Waals surface area contributed by atoms with Crippen LogP contribution >= 0.6 is 34.0 Å². The molecule has 7 rings (SSSR count). The molecule has 0 saturated carbocycles. The number of ether oxygens (including phenoxy) is 1. The van der Waals surface area contributed by atoms with Crippen molar-refractivity contribution in [3.63, 3.8) is 0 Å². The Hall–Kier alpha value is -4.76. The van der Waals surface area contributed by atoms with Gasteiger partial charge >= 0.3 is 0 Å². The number of nitrogens with zero attached hydrogens (tertiary/aromatic N) is 1. The minimum absolute atomic E-state index is 0.130. The maximum atomic E-state index is 12.0. The van der Waals surface area contributed by atoms with E-state index in [9.17, 15) is 14.7 Å². The lowest BCUT2D eigenvalue weighted by Gasteiger charge is -2.29. The Morgan fingerprint density at radius 1 is 0.585 bits per heavy atom. The molecule has 0 atom stereocenters. The fourth-order valence-corrected chi connectivity index (χ4v) is 9.97. The van der Waals surface area contributed by atoms with Crippen molar-refractivity contribution in [3.8, 4) is 51.9 Å². The predicted molar refractivity (Wildman–Crippen MR) is 226 cm³/mol. The highest BCUT2D eigenvalue weighted by molar-refractivity contribution is 7.27. The van der Waals surface area contributed by atoms with Crippen LogP contribution in [0, 0.1) is 20.8 Å². The molecule has 4 aromatic carbocycles. The highest BCUT2D eigenvalue weighted by Gasteiger charge is 2.23. The first-order chi connectivity index (χ1) is 25.7. The van der Waals surface area contributed by atoms with Crippen LogP contribution in [0.15, 0.2) is 107 Å². The molecular formula is C45H43NO4S3. The standard InChI is InChI=1S/C45H43NO4S3/c1-5-6-7-8-9-10-25-50-33-16-18-35(30(4)27-33)46(34-17-11-28(2)26-29(34)3)32-14-12-31(13-15-32)36-19-20-37(51-36)38-21-22-39(52-38)40-23-24-41(53-40)42-43(47)45(49)44(42)48/h11-24,26-27,47H,5-10,25H2,1-4H3. The second-order valence-electron chi connectivity index (χ2n) is 13.6. The third-order valence-electron chi connectivity index (χ3n) is 9.61. The van der Waals surface area contributed by atoms with Gasteiger partial charge in [-0.05, 0) is 117 Å². The zero-order chi connectivity index (χ0) is 37.1. The second kappa shape index (κ2) is 16.1. The second-order valence-corrected chi connectivity index (χ2v) is 16.9. The van der Waals surface area contributed by atoms with Crippen LogP contribution in [0.5, 0.6) is 11.5 Å². The van der Waals surface area contributed by atoms with E-state index in [1.54, 1.807) is 28.7 Å². The van der Waals surface area contributed by atoms with Gasteiger partial charge in [0, 0.05) is 46.3 Å².